The van der Waals surface area contributed by atoms with Gasteiger partial charge in [-0.15, -0.1) is 0 Å². The molecule has 2 aromatic rings. The Bertz CT molecular complexity index is 948. The van der Waals surface area contributed by atoms with Crippen LogP contribution in [0.15, 0.2) is 42.5 Å². The number of hydrogen-bond acceptors (Lipinski definition) is 5. The molecule has 1 fully saturated rings. The van der Waals surface area contributed by atoms with E-state index in [2.05, 4.69) is 5.32 Å². The van der Waals surface area contributed by atoms with Gasteiger partial charge in [0.05, 0.1) is 12.0 Å². The Morgan fingerprint density at radius 3 is 2.35 bits per heavy atom. The van der Waals surface area contributed by atoms with Crippen LogP contribution in [-0.4, -0.2) is 37.0 Å². The van der Waals surface area contributed by atoms with E-state index >= 15 is 0 Å². The van der Waals surface area contributed by atoms with Crippen LogP contribution in [0.3, 0.4) is 0 Å². The highest BCUT2D eigenvalue weighted by molar-refractivity contribution is 6.00. The molecular weight excluding hydrogens is 396 g/mol. The van der Waals surface area contributed by atoms with Gasteiger partial charge in [-0.25, -0.2) is 0 Å². The van der Waals surface area contributed by atoms with Crippen molar-refractivity contribution in [3.8, 4) is 5.75 Å². The number of benzene rings is 2. The van der Waals surface area contributed by atoms with Gasteiger partial charge in [0, 0.05) is 24.3 Å². The van der Waals surface area contributed by atoms with E-state index in [0.717, 1.165) is 16.9 Å². The molecule has 2 amide bonds. The van der Waals surface area contributed by atoms with Gasteiger partial charge in [0.15, 0.2) is 6.61 Å². The molecule has 2 aromatic carbocycles. The summed E-state index contributed by atoms with van der Waals surface area (Å²) in [7, 11) is 0. The van der Waals surface area contributed by atoms with Gasteiger partial charge in [0.2, 0.25) is 5.91 Å². The number of amides is 2. The number of ether oxygens (including phenoxy) is 2. The molecule has 0 radical (unpaired) electrons. The van der Waals surface area contributed by atoms with Crippen LogP contribution in [0.2, 0.25) is 0 Å². The number of anilines is 2. The molecule has 0 aliphatic carbocycles. The van der Waals surface area contributed by atoms with Gasteiger partial charge in [0.25, 0.3) is 5.91 Å². The third-order valence-electron chi connectivity index (χ3n) is 4.83. The van der Waals surface area contributed by atoms with E-state index in [1.807, 2.05) is 45.9 Å². The zero-order chi connectivity index (χ0) is 22.5. The molecule has 0 spiro atoms. The van der Waals surface area contributed by atoms with E-state index in [-0.39, 0.29) is 25.0 Å². The average molecular weight is 424 g/mol. The highest BCUT2D eigenvalue weighted by Gasteiger charge is 2.36. The molecule has 0 bridgehead atoms. The summed E-state index contributed by atoms with van der Waals surface area (Å²) < 4.78 is 10.8. The predicted molar refractivity (Wildman–Crippen MR) is 118 cm³/mol. The zero-order valence-electron chi connectivity index (χ0n) is 18.3. The number of rotatable bonds is 7. The predicted octanol–water partition coefficient (Wildman–Crippen LogP) is 3.63. The second-order valence-electron chi connectivity index (χ2n) is 8.10. The first-order chi connectivity index (χ1) is 14.7. The SMILES string of the molecule is Cc1cc(C)cc(NC(=O)COC(=O)[C@H]2CC(=O)N(c3ccc(OC(C)C)cc3)C2)c1. The summed E-state index contributed by atoms with van der Waals surface area (Å²) in [5.74, 6) is -1.00. The van der Waals surface area contributed by atoms with Crippen LogP contribution in [0.4, 0.5) is 11.4 Å². The molecule has 7 nitrogen and oxygen atoms in total. The quantitative estimate of drug-likeness (QED) is 0.686. The van der Waals surface area contributed by atoms with Crippen molar-refractivity contribution in [1.29, 1.82) is 0 Å². The Balaban J connectivity index is 1.52. The lowest BCUT2D eigenvalue weighted by molar-refractivity contribution is -0.151. The van der Waals surface area contributed by atoms with Crippen molar-refractivity contribution in [3.63, 3.8) is 0 Å². The Morgan fingerprint density at radius 2 is 1.74 bits per heavy atom. The average Bonchev–Trinajstić information content (AvgIpc) is 3.07. The molecule has 0 saturated carbocycles. The molecule has 0 aromatic heterocycles. The fraction of sp³-hybridized carbons (Fsp3) is 0.375. The summed E-state index contributed by atoms with van der Waals surface area (Å²) in [5.41, 5.74) is 3.41. The molecule has 1 atom stereocenters. The Kier molecular flexibility index (Phi) is 6.95. The van der Waals surface area contributed by atoms with Crippen molar-refractivity contribution in [2.75, 3.05) is 23.4 Å². The van der Waals surface area contributed by atoms with Crippen molar-refractivity contribution in [1.82, 2.24) is 0 Å². The minimum absolute atomic E-state index is 0.0573. The van der Waals surface area contributed by atoms with Crippen LogP contribution in [0.1, 0.15) is 31.4 Å². The van der Waals surface area contributed by atoms with Gasteiger partial charge in [0.1, 0.15) is 5.75 Å². The number of hydrogen-bond donors (Lipinski definition) is 1. The largest absolute Gasteiger partial charge is 0.491 e. The normalized spacial score (nSPS) is 15.8. The highest BCUT2D eigenvalue weighted by atomic mass is 16.5. The second kappa shape index (κ2) is 9.64. The van der Waals surface area contributed by atoms with E-state index in [1.54, 1.807) is 29.2 Å². The van der Waals surface area contributed by atoms with Crippen molar-refractivity contribution >= 4 is 29.2 Å². The maximum Gasteiger partial charge on any atom is 0.311 e. The molecule has 1 aliphatic heterocycles. The van der Waals surface area contributed by atoms with Crippen molar-refractivity contribution < 1.29 is 23.9 Å². The highest BCUT2D eigenvalue weighted by Crippen LogP contribution is 2.27. The lowest BCUT2D eigenvalue weighted by atomic mass is 10.1. The van der Waals surface area contributed by atoms with E-state index < -0.39 is 24.4 Å². The molecule has 1 N–H and O–H groups in total. The molecule has 1 aliphatic rings. The number of esters is 1. The molecule has 3 rings (SSSR count). The first-order valence-electron chi connectivity index (χ1n) is 10.3. The molecule has 7 heteroatoms. The van der Waals surface area contributed by atoms with Gasteiger partial charge in [-0.05, 0) is 75.2 Å². The maximum absolute atomic E-state index is 12.4. The first kappa shape index (κ1) is 22.3. The fourth-order valence-corrected chi connectivity index (χ4v) is 3.59. The molecular formula is C24H28N2O5. The van der Waals surface area contributed by atoms with E-state index in [1.165, 1.54) is 0 Å². The summed E-state index contributed by atoms with van der Waals surface area (Å²) >= 11 is 0. The summed E-state index contributed by atoms with van der Waals surface area (Å²) in [6.07, 6.45) is 0.118. The lowest BCUT2D eigenvalue weighted by Crippen LogP contribution is -2.28. The van der Waals surface area contributed by atoms with Gasteiger partial charge >= 0.3 is 5.97 Å². The third kappa shape index (κ3) is 6.07. The number of nitrogens with one attached hydrogen (secondary N) is 1. The van der Waals surface area contributed by atoms with Crippen molar-refractivity contribution in [2.24, 2.45) is 5.92 Å². The number of carbonyl (C=O) groups excluding carboxylic acids is 3. The van der Waals surface area contributed by atoms with Crippen LogP contribution in [0.25, 0.3) is 0 Å². The van der Waals surface area contributed by atoms with Crippen LogP contribution in [0, 0.1) is 19.8 Å². The van der Waals surface area contributed by atoms with Gasteiger partial charge in [-0.2, -0.15) is 0 Å². The maximum atomic E-state index is 12.4. The summed E-state index contributed by atoms with van der Waals surface area (Å²) in [4.78, 5) is 38.5. The Hall–Kier alpha value is -3.35. The molecule has 1 saturated heterocycles. The second-order valence-corrected chi connectivity index (χ2v) is 8.10. The van der Waals surface area contributed by atoms with E-state index in [9.17, 15) is 14.4 Å². The van der Waals surface area contributed by atoms with Gasteiger partial charge in [-0.3, -0.25) is 14.4 Å². The number of carbonyl (C=O) groups is 3. The van der Waals surface area contributed by atoms with Crippen LogP contribution < -0.4 is 15.0 Å². The van der Waals surface area contributed by atoms with Crippen molar-refractivity contribution in [2.45, 2.75) is 40.2 Å². The monoisotopic (exact) mass is 424 g/mol. The minimum Gasteiger partial charge on any atom is -0.491 e. The van der Waals surface area contributed by atoms with E-state index in [0.29, 0.717) is 11.4 Å². The smallest absolute Gasteiger partial charge is 0.311 e. The Morgan fingerprint density at radius 1 is 1.10 bits per heavy atom. The van der Waals surface area contributed by atoms with Gasteiger partial charge in [-0.1, -0.05) is 6.07 Å². The lowest BCUT2D eigenvalue weighted by Gasteiger charge is -2.17. The zero-order valence-corrected chi connectivity index (χ0v) is 18.3. The minimum atomic E-state index is -0.604. The van der Waals surface area contributed by atoms with Crippen LogP contribution >= 0.6 is 0 Å². The van der Waals surface area contributed by atoms with Crippen LogP contribution in [0.5, 0.6) is 5.75 Å². The third-order valence-corrected chi connectivity index (χ3v) is 4.83. The fourth-order valence-electron chi connectivity index (χ4n) is 3.59. The molecule has 0 unspecified atom stereocenters. The molecule has 1 heterocycles. The van der Waals surface area contributed by atoms with Crippen molar-refractivity contribution in [3.05, 3.63) is 53.6 Å². The number of aryl methyl sites for hydroxylation is 2. The first-order valence-corrected chi connectivity index (χ1v) is 10.3. The number of nitrogens with zero attached hydrogens (tertiary/aromatic N) is 1. The summed E-state index contributed by atoms with van der Waals surface area (Å²) in [6, 6.07) is 12.9. The van der Waals surface area contributed by atoms with Crippen LogP contribution in [-0.2, 0) is 19.1 Å². The Labute approximate surface area is 182 Å². The standard InChI is InChI=1S/C24H28N2O5/c1-15(2)31-21-7-5-20(6-8-21)26-13-18(12-23(26)28)24(29)30-14-22(27)25-19-10-16(3)9-17(4)11-19/h5-11,15,18H,12-14H2,1-4H3,(H,25,27)/t18-/m0/s1. The van der Waals surface area contributed by atoms with Gasteiger partial charge < -0.3 is 19.7 Å². The topological polar surface area (TPSA) is 84.9 Å². The summed E-state index contributed by atoms with van der Waals surface area (Å²) in [5, 5.41) is 2.73. The van der Waals surface area contributed by atoms with E-state index in [4.69, 9.17) is 9.47 Å². The summed E-state index contributed by atoms with van der Waals surface area (Å²) in [6.45, 7) is 7.60. The molecule has 164 valence electrons. The molecule has 31 heavy (non-hydrogen) atoms.